The van der Waals surface area contributed by atoms with Crippen LogP contribution in [0, 0.1) is 0 Å². The van der Waals surface area contributed by atoms with E-state index in [0.29, 0.717) is 6.42 Å². The Bertz CT molecular complexity index is 403. The Hall–Kier alpha value is -1.55. The predicted octanol–water partition coefficient (Wildman–Crippen LogP) is 0.966. The summed E-state index contributed by atoms with van der Waals surface area (Å²) in [5, 5.41) is 8.62. The lowest BCUT2D eigenvalue weighted by Gasteiger charge is -2.09. The molecule has 0 amide bonds. The van der Waals surface area contributed by atoms with Gasteiger partial charge in [0.15, 0.2) is 0 Å². The van der Waals surface area contributed by atoms with Crippen molar-refractivity contribution in [3.05, 3.63) is 29.3 Å². The van der Waals surface area contributed by atoms with Crippen LogP contribution in [0.4, 0.5) is 0 Å². The van der Waals surface area contributed by atoms with Gasteiger partial charge in [0, 0.05) is 12.5 Å². The Kier molecular flexibility index (Phi) is 3.10. The molecule has 0 spiro atoms. The van der Waals surface area contributed by atoms with Gasteiger partial charge in [-0.3, -0.25) is 4.79 Å². The molecule has 0 radical (unpaired) electrons. The zero-order valence-electron chi connectivity index (χ0n) is 8.98. The Labute approximate surface area is 94.0 Å². The van der Waals surface area contributed by atoms with Gasteiger partial charge < -0.3 is 15.6 Å². The standard InChI is InChI=1S/C12H15NO3/c13-10(7-12(14)15)6-8-1-2-11-9(5-8)3-4-16-11/h1-2,5,10H,3-4,6-7,13H2,(H,14,15). The maximum atomic E-state index is 10.5. The van der Waals surface area contributed by atoms with E-state index in [1.807, 2.05) is 12.1 Å². The maximum Gasteiger partial charge on any atom is 0.304 e. The number of nitrogens with two attached hydrogens (primary N) is 1. The van der Waals surface area contributed by atoms with Crippen molar-refractivity contribution < 1.29 is 14.6 Å². The molecule has 86 valence electrons. The maximum absolute atomic E-state index is 10.5. The Morgan fingerprint density at radius 3 is 3.12 bits per heavy atom. The van der Waals surface area contributed by atoms with Crippen molar-refractivity contribution in [1.82, 2.24) is 0 Å². The van der Waals surface area contributed by atoms with Crippen molar-refractivity contribution in [2.45, 2.75) is 25.3 Å². The highest BCUT2D eigenvalue weighted by Gasteiger charge is 2.14. The highest BCUT2D eigenvalue weighted by molar-refractivity contribution is 5.67. The summed E-state index contributed by atoms with van der Waals surface area (Å²) in [5.74, 6) is 0.0903. The lowest BCUT2D eigenvalue weighted by molar-refractivity contribution is -0.137. The summed E-state index contributed by atoms with van der Waals surface area (Å²) in [4.78, 5) is 10.5. The third-order valence-electron chi connectivity index (χ3n) is 2.69. The largest absolute Gasteiger partial charge is 0.493 e. The third kappa shape index (κ3) is 2.52. The summed E-state index contributed by atoms with van der Waals surface area (Å²) in [6.45, 7) is 0.736. The first-order chi connectivity index (χ1) is 7.65. The monoisotopic (exact) mass is 221 g/mol. The summed E-state index contributed by atoms with van der Waals surface area (Å²) < 4.78 is 5.40. The fourth-order valence-corrected chi connectivity index (χ4v) is 1.97. The van der Waals surface area contributed by atoms with E-state index in [2.05, 4.69) is 6.07 Å². The van der Waals surface area contributed by atoms with Crippen molar-refractivity contribution in [2.24, 2.45) is 5.73 Å². The molecule has 0 bridgehead atoms. The van der Waals surface area contributed by atoms with E-state index in [1.54, 1.807) is 0 Å². The van der Waals surface area contributed by atoms with Gasteiger partial charge in [-0.15, -0.1) is 0 Å². The number of carboxylic acid groups (broad SMARTS) is 1. The van der Waals surface area contributed by atoms with Crippen LogP contribution in [0.2, 0.25) is 0 Å². The Morgan fingerprint density at radius 2 is 2.38 bits per heavy atom. The normalized spacial score (nSPS) is 15.3. The Morgan fingerprint density at radius 1 is 1.56 bits per heavy atom. The number of carboxylic acids is 1. The lowest BCUT2D eigenvalue weighted by atomic mass is 10.0. The van der Waals surface area contributed by atoms with E-state index in [-0.39, 0.29) is 12.5 Å². The first kappa shape index (κ1) is 11.0. The number of rotatable bonds is 4. The van der Waals surface area contributed by atoms with Crippen molar-refractivity contribution in [3.8, 4) is 5.75 Å². The molecule has 1 unspecified atom stereocenters. The van der Waals surface area contributed by atoms with Crippen LogP contribution in [0.5, 0.6) is 5.75 Å². The van der Waals surface area contributed by atoms with Crippen LogP contribution >= 0.6 is 0 Å². The zero-order chi connectivity index (χ0) is 11.5. The second-order valence-corrected chi connectivity index (χ2v) is 4.10. The van der Waals surface area contributed by atoms with Gasteiger partial charge in [-0.1, -0.05) is 12.1 Å². The van der Waals surface area contributed by atoms with Crippen LogP contribution in [0.25, 0.3) is 0 Å². The van der Waals surface area contributed by atoms with Crippen LogP contribution in [0.15, 0.2) is 18.2 Å². The van der Waals surface area contributed by atoms with Crippen LogP contribution in [0.1, 0.15) is 17.5 Å². The third-order valence-corrected chi connectivity index (χ3v) is 2.69. The van der Waals surface area contributed by atoms with Gasteiger partial charge >= 0.3 is 5.97 Å². The van der Waals surface area contributed by atoms with E-state index in [1.165, 1.54) is 5.56 Å². The molecule has 0 fully saturated rings. The molecule has 0 saturated carbocycles. The van der Waals surface area contributed by atoms with Gasteiger partial charge in [-0.2, -0.15) is 0 Å². The molecule has 1 heterocycles. The van der Waals surface area contributed by atoms with Gasteiger partial charge in [0.2, 0.25) is 0 Å². The number of hydrogen-bond donors (Lipinski definition) is 2. The molecule has 1 aromatic rings. The van der Waals surface area contributed by atoms with Crippen LogP contribution < -0.4 is 10.5 Å². The number of carbonyl (C=O) groups is 1. The molecule has 1 atom stereocenters. The molecule has 2 rings (SSSR count). The SMILES string of the molecule is NC(CC(=O)O)Cc1ccc2c(c1)CCO2. The zero-order valence-corrected chi connectivity index (χ0v) is 8.98. The lowest BCUT2D eigenvalue weighted by Crippen LogP contribution is -2.26. The number of fused-ring (bicyclic) bond motifs is 1. The summed E-state index contributed by atoms with van der Waals surface area (Å²) in [7, 11) is 0. The van der Waals surface area contributed by atoms with Gasteiger partial charge in [-0.25, -0.2) is 0 Å². The quantitative estimate of drug-likeness (QED) is 0.794. The van der Waals surface area contributed by atoms with Crippen LogP contribution in [-0.4, -0.2) is 23.7 Å². The van der Waals surface area contributed by atoms with E-state index in [0.717, 1.165) is 24.3 Å². The molecule has 0 aromatic heterocycles. The first-order valence-electron chi connectivity index (χ1n) is 5.37. The number of benzene rings is 1. The number of ether oxygens (including phenoxy) is 1. The molecular formula is C12H15NO3. The van der Waals surface area contributed by atoms with Gasteiger partial charge in [-0.05, 0) is 23.6 Å². The fourth-order valence-electron chi connectivity index (χ4n) is 1.97. The average Bonchev–Trinajstić information content (AvgIpc) is 2.63. The van der Waals surface area contributed by atoms with E-state index < -0.39 is 5.97 Å². The van der Waals surface area contributed by atoms with E-state index in [4.69, 9.17) is 15.6 Å². The topological polar surface area (TPSA) is 72.6 Å². The predicted molar refractivity (Wildman–Crippen MR) is 59.6 cm³/mol. The summed E-state index contributed by atoms with van der Waals surface area (Å²) >= 11 is 0. The minimum absolute atomic E-state index is 0.00752. The highest BCUT2D eigenvalue weighted by atomic mass is 16.5. The molecule has 1 aromatic carbocycles. The second kappa shape index (κ2) is 4.53. The molecule has 16 heavy (non-hydrogen) atoms. The molecule has 1 aliphatic heterocycles. The van der Waals surface area contributed by atoms with Crippen LogP contribution in [-0.2, 0) is 17.6 Å². The minimum Gasteiger partial charge on any atom is -0.493 e. The Balaban J connectivity index is 2.02. The van der Waals surface area contributed by atoms with E-state index >= 15 is 0 Å². The molecule has 0 aliphatic carbocycles. The molecule has 1 aliphatic rings. The van der Waals surface area contributed by atoms with Gasteiger partial charge in [0.05, 0.1) is 13.0 Å². The van der Waals surface area contributed by atoms with Crippen molar-refractivity contribution >= 4 is 5.97 Å². The van der Waals surface area contributed by atoms with Gasteiger partial charge in [0.1, 0.15) is 5.75 Å². The smallest absolute Gasteiger partial charge is 0.304 e. The van der Waals surface area contributed by atoms with Gasteiger partial charge in [0.25, 0.3) is 0 Å². The average molecular weight is 221 g/mol. The minimum atomic E-state index is -0.850. The molecule has 4 nitrogen and oxygen atoms in total. The second-order valence-electron chi connectivity index (χ2n) is 4.10. The summed E-state index contributed by atoms with van der Waals surface area (Å²) in [6, 6.07) is 5.62. The summed E-state index contributed by atoms with van der Waals surface area (Å²) in [5.41, 5.74) is 8.02. The molecule has 4 heteroatoms. The fraction of sp³-hybridized carbons (Fsp3) is 0.417. The first-order valence-corrected chi connectivity index (χ1v) is 5.37. The van der Waals surface area contributed by atoms with Crippen molar-refractivity contribution in [3.63, 3.8) is 0 Å². The highest BCUT2D eigenvalue weighted by Crippen LogP contribution is 2.26. The van der Waals surface area contributed by atoms with Crippen molar-refractivity contribution in [2.75, 3.05) is 6.61 Å². The summed E-state index contributed by atoms with van der Waals surface area (Å²) in [6.07, 6.45) is 1.53. The molecular weight excluding hydrogens is 206 g/mol. The number of hydrogen-bond acceptors (Lipinski definition) is 3. The molecule has 3 N–H and O–H groups in total. The van der Waals surface area contributed by atoms with Crippen LogP contribution in [0.3, 0.4) is 0 Å². The molecule has 0 saturated heterocycles. The van der Waals surface area contributed by atoms with Crippen molar-refractivity contribution in [1.29, 1.82) is 0 Å². The van der Waals surface area contributed by atoms with E-state index in [9.17, 15) is 4.79 Å². The number of aliphatic carboxylic acids is 1.